The molecule has 18 heavy (non-hydrogen) atoms. The number of hydrogen-bond donors (Lipinski definition) is 2. The lowest BCUT2D eigenvalue weighted by molar-refractivity contribution is 0.0697. The topological polar surface area (TPSA) is 105 Å². The third kappa shape index (κ3) is 2.23. The molecule has 0 aromatic carbocycles. The van der Waals surface area contributed by atoms with Crippen LogP contribution in [0.15, 0.2) is 10.6 Å². The van der Waals surface area contributed by atoms with Gasteiger partial charge in [-0.15, -0.1) is 0 Å². The number of carboxylic acids is 1. The summed E-state index contributed by atoms with van der Waals surface area (Å²) in [6.07, 6.45) is 0. The molecule has 0 aliphatic carbocycles. The van der Waals surface area contributed by atoms with Crippen molar-refractivity contribution in [2.45, 2.75) is 13.8 Å². The maximum atomic E-state index is 11.8. The first kappa shape index (κ1) is 12.2. The highest BCUT2D eigenvalue weighted by molar-refractivity contribution is 7.11. The Kier molecular flexibility index (Phi) is 3.11. The minimum Gasteiger partial charge on any atom is -0.478 e. The number of rotatable bonds is 3. The maximum absolute atomic E-state index is 11.8. The van der Waals surface area contributed by atoms with Gasteiger partial charge in [0, 0.05) is 6.07 Å². The van der Waals surface area contributed by atoms with Gasteiger partial charge in [-0.2, -0.15) is 4.37 Å². The van der Waals surface area contributed by atoms with Crippen LogP contribution in [0.4, 0.5) is 5.00 Å². The Bertz CT molecular complexity index is 616. The maximum Gasteiger partial charge on any atom is 0.340 e. The number of nitrogens with zero attached hydrogens (tertiary/aromatic N) is 2. The van der Waals surface area contributed by atoms with Gasteiger partial charge in [-0.25, -0.2) is 4.79 Å². The molecule has 0 aliphatic rings. The number of aromatic carboxylic acids is 1. The van der Waals surface area contributed by atoms with Gasteiger partial charge in [0.1, 0.15) is 16.3 Å². The summed E-state index contributed by atoms with van der Waals surface area (Å²) in [4.78, 5) is 22.8. The molecular weight excluding hydrogens is 258 g/mol. The summed E-state index contributed by atoms with van der Waals surface area (Å²) < 4.78 is 8.66. The van der Waals surface area contributed by atoms with Crippen LogP contribution in [-0.4, -0.2) is 26.5 Å². The zero-order valence-electron chi connectivity index (χ0n) is 9.55. The molecule has 2 aromatic rings. The van der Waals surface area contributed by atoms with E-state index >= 15 is 0 Å². The molecule has 0 aliphatic heterocycles. The monoisotopic (exact) mass is 267 g/mol. The van der Waals surface area contributed by atoms with Crippen LogP contribution in [0.25, 0.3) is 0 Å². The number of aryl methyl sites for hydroxylation is 2. The van der Waals surface area contributed by atoms with E-state index < -0.39 is 11.9 Å². The van der Waals surface area contributed by atoms with Gasteiger partial charge < -0.3 is 14.9 Å². The second-order valence-corrected chi connectivity index (χ2v) is 4.33. The Labute approximate surface area is 106 Å². The molecule has 0 bridgehead atoms. The van der Waals surface area contributed by atoms with E-state index in [0.717, 1.165) is 11.5 Å². The molecule has 0 saturated carbocycles. The molecule has 1 amide bonds. The largest absolute Gasteiger partial charge is 0.478 e. The summed E-state index contributed by atoms with van der Waals surface area (Å²) in [7, 11) is 0. The molecule has 2 heterocycles. The average Bonchev–Trinajstić information content (AvgIpc) is 2.85. The summed E-state index contributed by atoms with van der Waals surface area (Å²) in [6, 6.07) is 1.46. The van der Waals surface area contributed by atoms with Crippen molar-refractivity contribution in [2.24, 2.45) is 0 Å². The van der Waals surface area contributed by atoms with Gasteiger partial charge in [0.05, 0.1) is 5.69 Å². The van der Waals surface area contributed by atoms with E-state index in [-0.39, 0.29) is 16.3 Å². The molecule has 0 fully saturated rings. The number of carboxylic acid groups (broad SMARTS) is 1. The number of hydrogen-bond acceptors (Lipinski definition) is 6. The molecule has 7 nitrogen and oxygen atoms in total. The molecule has 8 heteroatoms. The predicted octanol–water partition coefficient (Wildman–Crippen LogP) is 1.70. The van der Waals surface area contributed by atoms with E-state index in [2.05, 4.69) is 14.8 Å². The van der Waals surface area contributed by atoms with Crippen molar-refractivity contribution in [1.29, 1.82) is 0 Å². The molecule has 2 aromatic heterocycles. The Balaban J connectivity index is 2.25. The fraction of sp³-hybridized carbons (Fsp3) is 0.200. The Morgan fingerprint density at radius 3 is 2.72 bits per heavy atom. The zero-order chi connectivity index (χ0) is 13.3. The van der Waals surface area contributed by atoms with Crippen molar-refractivity contribution >= 4 is 28.4 Å². The normalized spacial score (nSPS) is 10.3. The fourth-order valence-electron chi connectivity index (χ4n) is 1.35. The van der Waals surface area contributed by atoms with Gasteiger partial charge in [-0.05, 0) is 25.4 Å². The Hall–Kier alpha value is -2.22. The lowest BCUT2D eigenvalue weighted by Crippen LogP contribution is -2.13. The molecule has 94 valence electrons. The highest BCUT2D eigenvalue weighted by Gasteiger charge is 2.20. The van der Waals surface area contributed by atoms with Gasteiger partial charge in [0.2, 0.25) is 0 Å². The van der Waals surface area contributed by atoms with E-state index in [4.69, 9.17) is 9.63 Å². The Morgan fingerprint density at radius 1 is 1.44 bits per heavy atom. The summed E-state index contributed by atoms with van der Waals surface area (Å²) in [5, 5.41) is 15.2. The van der Waals surface area contributed by atoms with E-state index in [1.807, 2.05) is 0 Å². The molecule has 0 unspecified atom stereocenters. The molecule has 0 saturated heterocycles. The lowest BCUT2D eigenvalue weighted by Gasteiger charge is -2.00. The second-order valence-electron chi connectivity index (χ2n) is 3.55. The summed E-state index contributed by atoms with van der Waals surface area (Å²) in [6.45, 7) is 3.22. The van der Waals surface area contributed by atoms with Crippen molar-refractivity contribution in [3.8, 4) is 0 Å². The highest BCUT2D eigenvalue weighted by Crippen LogP contribution is 2.24. The van der Waals surface area contributed by atoms with Gasteiger partial charge in [-0.1, -0.05) is 5.16 Å². The number of carbonyl (C=O) groups excluding carboxylic acids is 1. The van der Waals surface area contributed by atoms with Gasteiger partial charge >= 0.3 is 5.97 Å². The zero-order valence-corrected chi connectivity index (χ0v) is 10.4. The van der Waals surface area contributed by atoms with Crippen LogP contribution in [-0.2, 0) is 0 Å². The van der Waals surface area contributed by atoms with Crippen LogP contribution < -0.4 is 5.32 Å². The first-order valence-corrected chi connectivity index (χ1v) is 5.70. The summed E-state index contributed by atoms with van der Waals surface area (Å²) in [5.41, 5.74) is 0.447. The van der Waals surface area contributed by atoms with E-state index in [1.54, 1.807) is 13.8 Å². The summed E-state index contributed by atoms with van der Waals surface area (Å²) >= 11 is 0.913. The predicted molar refractivity (Wildman–Crippen MR) is 63.0 cm³/mol. The molecule has 0 radical (unpaired) electrons. The molecule has 2 N–H and O–H groups in total. The van der Waals surface area contributed by atoms with E-state index in [1.165, 1.54) is 6.07 Å². The molecular formula is C10H9N3O4S. The van der Waals surface area contributed by atoms with Crippen molar-refractivity contribution in [3.63, 3.8) is 0 Å². The Morgan fingerprint density at radius 2 is 2.17 bits per heavy atom. The fourth-order valence-corrected chi connectivity index (χ4v) is 2.13. The van der Waals surface area contributed by atoms with Crippen molar-refractivity contribution in [3.05, 3.63) is 28.8 Å². The van der Waals surface area contributed by atoms with E-state index in [9.17, 15) is 9.59 Å². The van der Waals surface area contributed by atoms with Crippen LogP contribution in [0.2, 0.25) is 0 Å². The minimum atomic E-state index is -1.13. The number of nitrogens with one attached hydrogen (secondary N) is 1. The summed E-state index contributed by atoms with van der Waals surface area (Å²) in [5.74, 6) is -1.16. The average molecular weight is 267 g/mol. The SMILES string of the molecule is Cc1cc(C(=O)Nc2snc(C)c2C(=O)O)no1. The van der Waals surface area contributed by atoms with Crippen LogP contribution in [0.3, 0.4) is 0 Å². The number of anilines is 1. The second kappa shape index (κ2) is 4.57. The van der Waals surface area contributed by atoms with Crippen molar-refractivity contribution < 1.29 is 19.2 Å². The number of aromatic nitrogens is 2. The first-order chi connectivity index (χ1) is 8.49. The lowest BCUT2D eigenvalue weighted by atomic mass is 10.2. The standard InChI is InChI=1S/C10H9N3O4S/c1-4-3-6(12-17-4)8(14)11-9-7(10(15)16)5(2)13-18-9/h3H,1-2H3,(H,11,14)(H,15,16). The highest BCUT2D eigenvalue weighted by atomic mass is 32.1. The van der Waals surface area contributed by atoms with Crippen LogP contribution in [0, 0.1) is 13.8 Å². The van der Waals surface area contributed by atoms with Crippen molar-refractivity contribution in [1.82, 2.24) is 9.53 Å². The third-order valence-electron chi connectivity index (χ3n) is 2.16. The minimum absolute atomic E-state index is 0.00596. The molecule has 0 spiro atoms. The van der Waals surface area contributed by atoms with E-state index in [0.29, 0.717) is 11.5 Å². The quantitative estimate of drug-likeness (QED) is 0.876. The molecule has 2 rings (SSSR count). The van der Waals surface area contributed by atoms with Gasteiger partial charge in [-0.3, -0.25) is 4.79 Å². The van der Waals surface area contributed by atoms with Crippen molar-refractivity contribution in [2.75, 3.05) is 5.32 Å². The molecule has 0 atom stereocenters. The van der Waals surface area contributed by atoms with Gasteiger partial charge in [0.15, 0.2) is 5.69 Å². The van der Waals surface area contributed by atoms with Crippen LogP contribution in [0.1, 0.15) is 32.3 Å². The third-order valence-corrected chi connectivity index (χ3v) is 3.02. The first-order valence-electron chi connectivity index (χ1n) is 4.93. The van der Waals surface area contributed by atoms with Crippen LogP contribution >= 0.6 is 11.5 Å². The van der Waals surface area contributed by atoms with Gasteiger partial charge in [0.25, 0.3) is 5.91 Å². The van der Waals surface area contributed by atoms with Crippen LogP contribution in [0.5, 0.6) is 0 Å². The smallest absolute Gasteiger partial charge is 0.340 e. The number of carbonyl (C=O) groups is 2. The number of amides is 1.